The molecular formula is C26H21N5. The maximum atomic E-state index is 4.79. The second-order valence-electron chi connectivity index (χ2n) is 7.39. The number of pyridine rings is 2. The van der Waals surface area contributed by atoms with E-state index in [-0.39, 0.29) is 0 Å². The summed E-state index contributed by atoms with van der Waals surface area (Å²) < 4.78 is 0. The van der Waals surface area contributed by atoms with Crippen LogP contribution in [0.3, 0.4) is 0 Å². The third-order valence-corrected chi connectivity index (χ3v) is 5.14. The summed E-state index contributed by atoms with van der Waals surface area (Å²) in [5.41, 5.74) is 8.72. The lowest BCUT2D eigenvalue weighted by Crippen LogP contribution is -2.02. The van der Waals surface area contributed by atoms with E-state index in [9.17, 15) is 0 Å². The van der Waals surface area contributed by atoms with Gasteiger partial charge in [-0.2, -0.15) is 0 Å². The molecule has 3 heterocycles. The zero-order valence-electron chi connectivity index (χ0n) is 17.2. The summed E-state index contributed by atoms with van der Waals surface area (Å²) in [6.45, 7) is 2.64. The Bertz CT molecular complexity index is 1330. The second kappa shape index (κ2) is 8.32. The lowest BCUT2D eigenvalue weighted by Gasteiger charge is -2.10. The first-order valence-electron chi connectivity index (χ1n) is 10.2. The fraction of sp³-hybridized carbons (Fsp3) is 0.0769. The number of rotatable bonds is 5. The molecule has 3 aromatic heterocycles. The Hall–Kier alpha value is -4.12. The van der Waals surface area contributed by atoms with Crippen LogP contribution in [0.2, 0.25) is 0 Å². The smallest absolute Gasteiger partial charge is 0.112 e. The van der Waals surface area contributed by atoms with Crippen molar-refractivity contribution in [1.82, 2.24) is 19.9 Å². The maximum absolute atomic E-state index is 4.79. The second-order valence-corrected chi connectivity index (χ2v) is 7.39. The molecule has 0 saturated carbocycles. The molecule has 0 unspecified atom stereocenters. The van der Waals surface area contributed by atoms with Gasteiger partial charge < -0.3 is 5.32 Å². The third-order valence-electron chi connectivity index (χ3n) is 5.14. The number of nitrogens with zero attached hydrogens (tertiary/aromatic N) is 4. The van der Waals surface area contributed by atoms with Gasteiger partial charge >= 0.3 is 0 Å². The van der Waals surface area contributed by atoms with Gasteiger partial charge in [-0.3, -0.25) is 15.0 Å². The van der Waals surface area contributed by atoms with E-state index in [2.05, 4.69) is 26.3 Å². The number of aryl methyl sites for hydroxylation is 1. The van der Waals surface area contributed by atoms with Crippen LogP contribution in [0.25, 0.3) is 33.5 Å². The third kappa shape index (κ3) is 4.12. The molecule has 0 aliphatic heterocycles. The molecule has 0 atom stereocenters. The molecule has 0 bridgehead atoms. The molecule has 0 fully saturated rings. The highest BCUT2D eigenvalue weighted by molar-refractivity contribution is 5.88. The molecule has 0 saturated heterocycles. The van der Waals surface area contributed by atoms with Crippen LogP contribution in [-0.2, 0) is 6.54 Å². The minimum atomic E-state index is 0.657. The van der Waals surface area contributed by atoms with Crippen molar-refractivity contribution in [3.05, 3.63) is 103 Å². The number of para-hydroxylation sites is 1. The number of hydrogen-bond donors (Lipinski definition) is 1. The van der Waals surface area contributed by atoms with Crippen molar-refractivity contribution in [3.63, 3.8) is 0 Å². The van der Waals surface area contributed by atoms with E-state index in [1.165, 1.54) is 0 Å². The summed E-state index contributed by atoms with van der Waals surface area (Å²) in [7, 11) is 0. The quantitative estimate of drug-likeness (QED) is 0.409. The van der Waals surface area contributed by atoms with Gasteiger partial charge in [-0.15, -0.1) is 0 Å². The number of nitrogens with one attached hydrogen (secondary N) is 1. The molecular weight excluding hydrogens is 382 g/mol. The molecule has 5 heteroatoms. The maximum Gasteiger partial charge on any atom is 0.112 e. The van der Waals surface area contributed by atoms with Crippen molar-refractivity contribution in [2.75, 3.05) is 5.32 Å². The summed E-state index contributed by atoms with van der Waals surface area (Å²) >= 11 is 0. The molecule has 5 nitrogen and oxygen atoms in total. The van der Waals surface area contributed by atoms with Crippen LogP contribution < -0.4 is 5.32 Å². The highest BCUT2D eigenvalue weighted by atomic mass is 14.9. The Morgan fingerprint density at radius 2 is 1.65 bits per heavy atom. The van der Waals surface area contributed by atoms with Crippen molar-refractivity contribution >= 4 is 16.7 Å². The number of fused-ring (bicyclic) bond motifs is 1. The monoisotopic (exact) mass is 403 g/mol. The zero-order chi connectivity index (χ0) is 21.0. The van der Waals surface area contributed by atoms with Gasteiger partial charge in [0.15, 0.2) is 0 Å². The van der Waals surface area contributed by atoms with Gasteiger partial charge in [-0.05, 0) is 42.8 Å². The SMILES string of the molecule is Cc1cc(-c2ccc(CNc3cccc4nc(-c5ccccc5)cnc34)cn2)ccn1. The number of anilines is 1. The van der Waals surface area contributed by atoms with Gasteiger partial charge in [0.2, 0.25) is 0 Å². The first-order chi connectivity index (χ1) is 15.3. The first-order valence-corrected chi connectivity index (χ1v) is 10.2. The average Bonchev–Trinajstić information content (AvgIpc) is 2.83. The van der Waals surface area contributed by atoms with E-state index in [1.807, 2.05) is 92.2 Å². The molecule has 31 heavy (non-hydrogen) atoms. The summed E-state index contributed by atoms with van der Waals surface area (Å²) in [6.07, 6.45) is 5.55. The van der Waals surface area contributed by atoms with Crippen LogP contribution in [-0.4, -0.2) is 19.9 Å². The van der Waals surface area contributed by atoms with Crippen molar-refractivity contribution in [2.45, 2.75) is 13.5 Å². The Morgan fingerprint density at radius 1 is 0.742 bits per heavy atom. The molecule has 0 aliphatic carbocycles. The standard InChI is InChI=1S/C26H21N5/c1-18-14-21(12-13-27-18)22-11-10-19(15-28-22)16-29-23-8-5-9-24-26(23)30-17-25(31-24)20-6-3-2-4-7-20/h2-15,17,29H,16H2,1H3. The fourth-order valence-corrected chi connectivity index (χ4v) is 3.53. The number of hydrogen-bond acceptors (Lipinski definition) is 5. The highest BCUT2D eigenvalue weighted by Gasteiger charge is 2.07. The van der Waals surface area contributed by atoms with E-state index >= 15 is 0 Å². The van der Waals surface area contributed by atoms with Gasteiger partial charge in [-0.25, -0.2) is 4.98 Å². The Kier molecular flexibility index (Phi) is 5.07. The first kappa shape index (κ1) is 18.9. The molecule has 2 aromatic carbocycles. The molecule has 5 rings (SSSR count). The molecule has 0 spiro atoms. The summed E-state index contributed by atoms with van der Waals surface area (Å²) in [4.78, 5) is 18.3. The van der Waals surface area contributed by atoms with Crippen molar-refractivity contribution in [3.8, 4) is 22.5 Å². The fourth-order valence-electron chi connectivity index (χ4n) is 3.53. The Labute approximate surface area is 180 Å². The summed E-state index contributed by atoms with van der Waals surface area (Å²) in [5.74, 6) is 0. The molecule has 1 N–H and O–H groups in total. The van der Waals surface area contributed by atoms with Gasteiger partial charge in [-0.1, -0.05) is 42.5 Å². The van der Waals surface area contributed by atoms with Crippen molar-refractivity contribution in [2.24, 2.45) is 0 Å². The van der Waals surface area contributed by atoms with Crippen LogP contribution in [0, 0.1) is 6.92 Å². The van der Waals surface area contributed by atoms with E-state index in [0.29, 0.717) is 6.54 Å². The average molecular weight is 403 g/mol. The van der Waals surface area contributed by atoms with E-state index < -0.39 is 0 Å². The summed E-state index contributed by atoms with van der Waals surface area (Å²) in [5, 5.41) is 3.48. The van der Waals surface area contributed by atoms with Crippen LogP contribution in [0.4, 0.5) is 5.69 Å². The summed E-state index contributed by atoms with van der Waals surface area (Å²) in [6, 6.07) is 24.3. The largest absolute Gasteiger partial charge is 0.379 e. The number of benzene rings is 2. The van der Waals surface area contributed by atoms with E-state index in [0.717, 1.165) is 50.5 Å². The minimum Gasteiger partial charge on any atom is -0.379 e. The van der Waals surface area contributed by atoms with Gasteiger partial charge in [0.05, 0.1) is 28.8 Å². The van der Waals surface area contributed by atoms with Crippen molar-refractivity contribution in [1.29, 1.82) is 0 Å². The lowest BCUT2D eigenvalue weighted by molar-refractivity contribution is 1.11. The Balaban J connectivity index is 1.35. The molecule has 150 valence electrons. The zero-order valence-corrected chi connectivity index (χ0v) is 17.2. The molecule has 0 radical (unpaired) electrons. The van der Waals surface area contributed by atoms with Crippen LogP contribution in [0.15, 0.2) is 91.4 Å². The minimum absolute atomic E-state index is 0.657. The van der Waals surface area contributed by atoms with Gasteiger partial charge in [0, 0.05) is 35.8 Å². The van der Waals surface area contributed by atoms with Crippen LogP contribution in [0.1, 0.15) is 11.3 Å². The highest BCUT2D eigenvalue weighted by Crippen LogP contribution is 2.24. The van der Waals surface area contributed by atoms with Crippen LogP contribution in [0.5, 0.6) is 0 Å². The van der Waals surface area contributed by atoms with Gasteiger partial charge in [0.25, 0.3) is 0 Å². The normalized spacial score (nSPS) is 10.9. The molecule has 0 amide bonds. The Morgan fingerprint density at radius 3 is 2.45 bits per heavy atom. The predicted molar refractivity (Wildman–Crippen MR) is 125 cm³/mol. The predicted octanol–water partition coefficient (Wildman–Crippen LogP) is 5.67. The van der Waals surface area contributed by atoms with Crippen LogP contribution >= 0.6 is 0 Å². The lowest BCUT2D eigenvalue weighted by atomic mass is 10.1. The molecule has 0 aliphatic rings. The topological polar surface area (TPSA) is 63.6 Å². The number of aromatic nitrogens is 4. The van der Waals surface area contributed by atoms with E-state index in [4.69, 9.17) is 4.98 Å². The van der Waals surface area contributed by atoms with Gasteiger partial charge in [0.1, 0.15) is 5.52 Å². The molecule has 5 aromatic rings. The van der Waals surface area contributed by atoms with E-state index in [1.54, 1.807) is 0 Å². The van der Waals surface area contributed by atoms with Crippen molar-refractivity contribution < 1.29 is 0 Å².